The quantitative estimate of drug-likeness (QED) is 0.756. The van der Waals surface area contributed by atoms with Gasteiger partial charge >= 0.3 is 0 Å². The lowest BCUT2D eigenvalue weighted by Gasteiger charge is -2.41. The first kappa shape index (κ1) is 24.1. The van der Waals surface area contributed by atoms with E-state index in [1.165, 1.54) is 37.7 Å². The Hall–Kier alpha value is -1.99. The van der Waals surface area contributed by atoms with Crippen molar-refractivity contribution in [2.45, 2.75) is 70.4 Å². The summed E-state index contributed by atoms with van der Waals surface area (Å²) in [5, 5.41) is 3.05. The molecule has 33 heavy (non-hydrogen) atoms. The summed E-state index contributed by atoms with van der Waals surface area (Å²) in [6.45, 7) is 6.81. The number of hydrogen-bond acceptors (Lipinski definition) is 5. The first-order chi connectivity index (χ1) is 16.2. The molecule has 1 aliphatic carbocycles. The molecular formula is C26H41N5O2. The smallest absolute Gasteiger partial charge is 0.225 e. The number of piperazine rings is 1. The standard InChI is InChI=1S/C26H41N5O2/c32-25-11-16-29(21-22-8-12-27-13-9-22)15-4-5-23(10-14-28-25)26(33)31-19-17-30(18-20-31)24-6-2-1-3-7-24/h8-9,12-13,23-24H,1-7,10-11,14-21H2,(H,28,32). The number of rotatable bonds is 4. The van der Waals surface area contributed by atoms with Gasteiger partial charge < -0.3 is 10.2 Å². The molecule has 1 aromatic heterocycles. The molecule has 0 aromatic carbocycles. The van der Waals surface area contributed by atoms with Gasteiger partial charge in [-0.3, -0.25) is 24.4 Å². The molecule has 0 radical (unpaired) electrons. The highest BCUT2D eigenvalue weighted by Gasteiger charge is 2.30. The number of nitrogens with one attached hydrogen (secondary N) is 1. The summed E-state index contributed by atoms with van der Waals surface area (Å²) in [6, 6.07) is 4.80. The second-order valence-electron chi connectivity index (χ2n) is 10.0. The van der Waals surface area contributed by atoms with Gasteiger partial charge in [0, 0.05) is 76.6 Å². The van der Waals surface area contributed by atoms with Crippen molar-refractivity contribution in [3.05, 3.63) is 30.1 Å². The molecule has 0 spiro atoms. The second kappa shape index (κ2) is 12.5. The van der Waals surface area contributed by atoms with Gasteiger partial charge in [-0.1, -0.05) is 19.3 Å². The van der Waals surface area contributed by atoms with Gasteiger partial charge in [-0.05, 0) is 56.3 Å². The van der Waals surface area contributed by atoms with E-state index in [0.717, 1.165) is 71.1 Å². The van der Waals surface area contributed by atoms with E-state index in [2.05, 4.69) is 25.0 Å². The maximum atomic E-state index is 13.4. The van der Waals surface area contributed by atoms with Crippen molar-refractivity contribution < 1.29 is 9.59 Å². The van der Waals surface area contributed by atoms with Crippen LogP contribution in [0.25, 0.3) is 0 Å². The van der Waals surface area contributed by atoms with Gasteiger partial charge in [0.2, 0.25) is 11.8 Å². The summed E-state index contributed by atoms with van der Waals surface area (Å²) in [6.07, 6.45) is 13.5. The van der Waals surface area contributed by atoms with Gasteiger partial charge in [-0.2, -0.15) is 0 Å². The number of amides is 2. The number of nitrogens with zero attached hydrogens (tertiary/aromatic N) is 4. The van der Waals surface area contributed by atoms with Gasteiger partial charge in [0.05, 0.1) is 0 Å². The van der Waals surface area contributed by atoms with Crippen LogP contribution in [0.15, 0.2) is 24.5 Å². The van der Waals surface area contributed by atoms with E-state index in [0.29, 0.717) is 18.9 Å². The van der Waals surface area contributed by atoms with Crippen LogP contribution in [0.5, 0.6) is 0 Å². The van der Waals surface area contributed by atoms with E-state index in [1.807, 2.05) is 24.5 Å². The van der Waals surface area contributed by atoms with Gasteiger partial charge in [-0.25, -0.2) is 0 Å². The van der Waals surface area contributed by atoms with E-state index in [9.17, 15) is 9.59 Å². The molecule has 3 heterocycles. The summed E-state index contributed by atoms with van der Waals surface area (Å²) in [5.41, 5.74) is 1.21. The molecule has 3 aliphatic rings. The lowest BCUT2D eigenvalue weighted by atomic mass is 9.93. The summed E-state index contributed by atoms with van der Waals surface area (Å²) in [4.78, 5) is 36.9. The number of carbonyl (C=O) groups is 2. The van der Waals surface area contributed by atoms with Crippen molar-refractivity contribution in [3.8, 4) is 0 Å². The molecule has 1 saturated carbocycles. The van der Waals surface area contributed by atoms with E-state index in [4.69, 9.17) is 0 Å². The van der Waals surface area contributed by atoms with E-state index < -0.39 is 0 Å². The fraction of sp³-hybridized carbons (Fsp3) is 0.731. The monoisotopic (exact) mass is 455 g/mol. The van der Waals surface area contributed by atoms with E-state index in [-0.39, 0.29) is 11.8 Å². The zero-order valence-electron chi connectivity index (χ0n) is 20.1. The van der Waals surface area contributed by atoms with Gasteiger partial charge in [0.1, 0.15) is 0 Å². The van der Waals surface area contributed by atoms with Crippen LogP contribution < -0.4 is 5.32 Å². The van der Waals surface area contributed by atoms with Crippen LogP contribution in [0.3, 0.4) is 0 Å². The van der Waals surface area contributed by atoms with E-state index >= 15 is 0 Å². The average molecular weight is 456 g/mol. The van der Waals surface area contributed by atoms with Gasteiger partial charge in [-0.15, -0.1) is 0 Å². The van der Waals surface area contributed by atoms with Crippen LogP contribution in [0.1, 0.15) is 63.4 Å². The van der Waals surface area contributed by atoms with Crippen LogP contribution in [0.4, 0.5) is 0 Å². The minimum absolute atomic E-state index is 0.00686. The van der Waals surface area contributed by atoms with Crippen LogP contribution in [-0.2, 0) is 16.1 Å². The van der Waals surface area contributed by atoms with Gasteiger partial charge in [0.15, 0.2) is 0 Å². The normalized spacial score (nSPS) is 25.3. The van der Waals surface area contributed by atoms with Crippen molar-refractivity contribution in [2.75, 3.05) is 45.8 Å². The maximum absolute atomic E-state index is 13.4. The van der Waals surface area contributed by atoms with Crippen molar-refractivity contribution >= 4 is 11.8 Å². The largest absolute Gasteiger partial charge is 0.356 e. The Morgan fingerprint density at radius 2 is 1.67 bits per heavy atom. The lowest BCUT2D eigenvalue weighted by molar-refractivity contribution is -0.138. The molecule has 2 amide bonds. The number of aromatic nitrogens is 1. The van der Waals surface area contributed by atoms with Crippen molar-refractivity contribution in [1.82, 2.24) is 25.0 Å². The summed E-state index contributed by atoms with van der Waals surface area (Å²) in [7, 11) is 0. The predicted octanol–water partition coefficient (Wildman–Crippen LogP) is 2.67. The highest BCUT2D eigenvalue weighted by atomic mass is 16.2. The molecule has 3 fully saturated rings. The lowest BCUT2D eigenvalue weighted by Crippen LogP contribution is -2.53. The van der Waals surface area contributed by atoms with Crippen LogP contribution in [0.2, 0.25) is 0 Å². The molecule has 1 atom stereocenters. The Balaban J connectivity index is 1.30. The third-order valence-electron chi connectivity index (χ3n) is 7.72. The Bertz CT molecular complexity index is 744. The van der Waals surface area contributed by atoms with Crippen molar-refractivity contribution in [3.63, 3.8) is 0 Å². The first-order valence-corrected chi connectivity index (χ1v) is 13.1. The third-order valence-corrected chi connectivity index (χ3v) is 7.72. The zero-order chi connectivity index (χ0) is 22.9. The molecule has 1 aromatic rings. The minimum Gasteiger partial charge on any atom is -0.356 e. The third kappa shape index (κ3) is 7.24. The van der Waals surface area contributed by atoms with Gasteiger partial charge in [0.25, 0.3) is 0 Å². The van der Waals surface area contributed by atoms with Crippen molar-refractivity contribution in [2.24, 2.45) is 5.92 Å². The highest BCUT2D eigenvalue weighted by molar-refractivity contribution is 5.79. The fourth-order valence-corrected chi connectivity index (χ4v) is 5.71. The molecule has 1 unspecified atom stereocenters. The van der Waals surface area contributed by atoms with Crippen LogP contribution >= 0.6 is 0 Å². The molecule has 7 heteroatoms. The summed E-state index contributed by atoms with van der Waals surface area (Å²) >= 11 is 0. The minimum atomic E-state index is 0.00686. The molecule has 182 valence electrons. The van der Waals surface area contributed by atoms with Crippen LogP contribution in [0, 0.1) is 5.92 Å². The number of carbonyl (C=O) groups excluding carboxylic acids is 2. The Morgan fingerprint density at radius 3 is 2.42 bits per heavy atom. The number of pyridine rings is 1. The zero-order valence-corrected chi connectivity index (χ0v) is 20.1. The fourth-order valence-electron chi connectivity index (χ4n) is 5.71. The Kier molecular flexibility index (Phi) is 9.12. The second-order valence-corrected chi connectivity index (χ2v) is 10.0. The van der Waals surface area contributed by atoms with Crippen molar-refractivity contribution in [1.29, 1.82) is 0 Å². The Morgan fingerprint density at radius 1 is 0.909 bits per heavy atom. The summed E-state index contributed by atoms with van der Waals surface area (Å²) in [5.74, 6) is 0.392. The molecular weight excluding hydrogens is 414 g/mol. The predicted molar refractivity (Wildman–Crippen MR) is 130 cm³/mol. The molecule has 1 N–H and O–H groups in total. The average Bonchev–Trinajstić information content (AvgIpc) is 2.90. The molecule has 2 aliphatic heterocycles. The molecule has 7 nitrogen and oxygen atoms in total. The topological polar surface area (TPSA) is 68.8 Å². The van der Waals surface area contributed by atoms with E-state index in [1.54, 1.807) is 0 Å². The molecule has 2 saturated heterocycles. The molecule has 4 rings (SSSR count). The SMILES string of the molecule is O=C1CCN(Cc2ccncc2)CCCC(C(=O)N2CCN(C3CCCCC3)CC2)CCN1. The summed E-state index contributed by atoms with van der Waals surface area (Å²) < 4.78 is 0. The number of hydrogen-bond donors (Lipinski definition) is 1. The maximum Gasteiger partial charge on any atom is 0.225 e. The Labute approximate surface area is 198 Å². The highest BCUT2D eigenvalue weighted by Crippen LogP contribution is 2.24. The first-order valence-electron chi connectivity index (χ1n) is 13.1. The van der Waals surface area contributed by atoms with Crippen LogP contribution in [-0.4, -0.2) is 83.4 Å². The molecule has 0 bridgehead atoms.